The second-order valence-corrected chi connectivity index (χ2v) is 3.54. The Hall–Kier alpha value is -1.60. The molecule has 78 valence electrons. The van der Waals surface area contributed by atoms with Gasteiger partial charge in [0, 0.05) is 13.2 Å². The average molecular weight is 203 g/mol. The van der Waals surface area contributed by atoms with Gasteiger partial charge in [0.05, 0.1) is 6.10 Å². The van der Waals surface area contributed by atoms with Gasteiger partial charge in [0.2, 0.25) is 0 Å². The van der Waals surface area contributed by atoms with Crippen molar-refractivity contribution in [2.75, 3.05) is 18.5 Å². The van der Waals surface area contributed by atoms with Crippen molar-refractivity contribution in [1.29, 1.82) is 5.26 Å². The molecule has 2 heterocycles. The van der Waals surface area contributed by atoms with Gasteiger partial charge in [-0.05, 0) is 25.0 Å². The van der Waals surface area contributed by atoms with Crippen molar-refractivity contribution < 1.29 is 4.74 Å². The summed E-state index contributed by atoms with van der Waals surface area (Å²) < 4.78 is 5.48. The second-order valence-electron chi connectivity index (χ2n) is 3.54. The van der Waals surface area contributed by atoms with Crippen LogP contribution in [-0.4, -0.2) is 24.2 Å². The molecule has 4 heteroatoms. The number of aromatic nitrogens is 1. The number of hydrogen-bond acceptors (Lipinski definition) is 4. The Morgan fingerprint density at radius 3 is 3.27 bits per heavy atom. The summed E-state index contributed by atoms with van der Waals surface area (Å²) in [4.78, 5) is 4.12. The first-order chi connectivity index (χ1) is 7.38. The van der Waals surface area contributed by atoms with E-state index in [-0.39, 0.29) is 6.10 Å². The molecule has 1 atom stereocenters. The van der Waals surface area contributed by atoms with Crippen molar-refractivity contribution in [2.45, 2.75) is 18.9 Å². The fraction of sp³-hybridized carbons (Fsp3) is 0.455. The van der Waals surface area contributed by atoms with Crippen LogP contribution in [0.5, 0.6) is 0 Å². The molecule has 0 amide bonds. The van der Waals surface area contributed by atoms with Gasteiger partial charge in [-0.3, -0.25) is 0 Å². The molecule has 1 N–H and O–H groups in total. The maximum absolute atomic E-state index is 8.68. The Kier molecular flexibility index (Phi) is 3.15. The highest BCUT2D eigenvalue weighted by atomic mass is 16.5. The number of ether oxygens (including phenoxy) is 1. The minimum absolute atomic E-state index is 0.289. The predicted octanol–water partition coefficient (Wildman–Crippen LogP) is 1.54. The van der Waals surface area contributed by atoms with E-state index in [1.165, 1.54) is 0 Å². The molecule has 1 aliphatic rings. The van der Waals surface area contributed by atoms with Crippen LogP contribution in [0.3, 0.4) is 0 Å². The third-order valence-corrected chi connectivity index (χ3v) is 2.40. The molecule has 1 aliphatic heterocycles. The summed E-state index contributed by atoms with van der Waals surface area (Å²) in [6.45, 7) is 1.62. The zero-order valence-corrected chi connectivity index (χ0v) is 8.44. The minimum atomic E-state index is 0.289. The largest absolute Gasteiger partial charge is 0.376 e. The third kappa shape index (κ3) is 2.67. The summed E-state index contributed by atoms with van der Waals surface area (Å²) in [7, 11) is 0. The van der Waals surface area contributed by atoms with Crippen LogP contribution in [0, 0.1) is 11.3 Å². The molecule has 1 aromatic rings. The van der Waals surface area contributed by atoms with Gasteiger partial charge in [0.15, 0.2) is 0 Å². The molecule has 0 saturated carbocycles. The van der Waals surface area contributed by atoms with Crippen LogP contribution in [0.2, 0.25) is 0 Å². The minimum Gasteiger partial charge on any atom is -0.376 e. The van der Waals surface area contributed by atoms with Gasteiger partial charge >= 0.3 is 0 Å². The quantitative estimate of drug-likeness (QED) is 0.809. The Morgan fingerprint density at radius 1 is 1.60 bits per heavy atom. The van der Waals surface area contributed by atoms with Crippen molar-refractivity contribution in [1.82, 2.24) is 4.98 Å². The molecule has 1 fully saturated rings. The molecule has 2 rings (SSSR count). The predicted molar refractivity (Wildman–Crippen MR) is 56.4 cm³/mol. The summed E-state index contributed by atoms with van der Waals surface area (Å²) in [6, 6.07) is 7.38. The van der Waals surface area contributed by atoms with Crippen molar-refractivity contribution in [3.8, 4) is 6.07 Å². The van der Waals surface area contributed by atoms with E-state index in [4.69, 9.17) is 10.00 Å². The number of rotatable bonds is 3. The Balaban J connectivity index is 1.90. The highest BCUT2D eigenvalue weighted by Crippen LogP contribution is 2.12. The maximum atomic E-state index is 8.68. The highest BCUT2D eigenvalue weighted by Gasteiger charge is 2.14. The first-order valence-electron chi connectivity index (χ1n) is 5.11. The number of pyridine rings is 1. The fourth-order valence-electron chi connectivity index (χ4n) is 1.62. The molecule has 4 nitrogen and oxygen atoms in total. The molecule has 0 aromatic carbocycles. The van der Waals surface area contributed by atoms with Crippen molar-refractivity contribution >= 4 is 5.82 Å². The number of nitrogens with one attached hydrogen (secondary N) is 1. The first kappa shape index (κ1) is 9.94. The van der Waals surface area contributed by atoms with Crippen LogP contribution < -0.4 is 5.32 Å². The van der Waals surface area contributed by atoms with Gasteiger partial charge < -0.3 is 10.1 Å². The number of hydrogen-bond donors (Lipinski definition) is 1. The standard InChI is InChI=1S/C11H13N3O/c12-7-9-3-1-5-11(14-9)13-8-10-4-2-6-15-10/h1,3,5,10H,2,4,6,8H2,(H,13,14). The lowest BCUT2D eigenvalue weighted by Crippen LogP contribution is -2.18. The van der Waals surface area contributed by atoms with E-state index in [9.17, 15) is 0 Å². The highest BCUT2D eigenvalue weighted by molar-refractivity contribution is 5.38. The van der Waals surface area contributed by atoms with Gasteiger partial charge in [-0.1, -0.05) is 6.07 Å². The van der Waals surface area contributed by atoms with Crippen molar-refractivity contribution in [3.05, 3.63) is 23.9 Å². The first-order valence-corrected chi connectivity index (χ1v) is 5.11. The number of nitrogens with zero attached hydrogens (tertiary/aromatic N) is 2. The summed E-state index contributed by atoms with van der Waals surface area (Å²) in [5, 5.41) is 11.9. The van der Waals surface area contributed by atoms with E-state index >= 15 is 0 Å². The molecule has 0 bridgehead atoms. The van der Waals surface area contributed by atoms with Crippen LogP contribution in [0.1, 0.15) is 18.5 Å². The van der Waals surface area contributed by atoms with Crippen LogP contribution in [0.15, 0.2) is 18.2 Å². The van der Waals surface area contributed by atoms with Gasteiger partial charge in [-0.25, -0.2) is 4.98 Å². The van der Waals surface area contributed by atoms with E-state index in [2.05, 4.69) is 10.3 Å². The second kappa shape index (κ2) is 4.76. The van der Waals surface area contributed by atoms with E-state index < -0.39 is 0 Å². The molecule has 0 aliphatic carbocycles. The van der Waals surface area contributed by atoms with Gasteiger partial charge in [-0.2, -0.15) is 5.26 Å². The Morgan fingerprint density at radius 2 is 2.53 bits per heavy atom. The smallest absolute Gasteiger partial charge is 0.142 e. The lowest BCUT2D eigenvalue weighted by molar-refractivity contribution is 0.120. The molecule has 0 spiro atoms. The van der Waals surface area contributed by atoms with Crippen LogP contribution >= 0.6 is 0 Å². The fourth-order valence-corrected chi connectivity index (χ4v) is 1.62. The van der Waals surface area contributed by atoms with Gasteiger partial charge in [0.25, 0.3) is 0 Å². The van der Waals surface area contributed by atoms with Gasteiger partial charge in [-0.15, -0.1) is 0 Å². The average Bonchev–Trinajstić information content (AvgIpc) is 2.79. The van der Waals surface area contributed by atoms with E-state index in [0.717, 1.165) is 31.8 Å². The van der Waals surface area contributed by atoms with E-state index in [1.807, 2.05) is 18.2 Å². The normalized spacial score (nSPS) is 19.8. The summed E-state index contributed by atoms with van der Waals surface area (Å²) in [6.07, 6.45) is 2.53. The molecule has 15 heavy (non-hydrogen) atoms. The lowest BCUT2D eigenvalue weighted by Gasteiger charge is -2.10. The zero-order valence-electron chi connectivity index (χ0n) is 8.44. The molecular weight excluding hydrogens is 190 g/mol. The Labute approximate surface area is 88.9 Å². The molecule has 1 aromatic heterocycles. The SMILES string of the molecule is N#Cc1cccc(NCC2CCCO2)n1. The van der Waals surface area contributed by atoms with Crippen LogP contribution in [0.4, 0.5) is 5.82 Å². The topological polar surface area (TPSA) is 57.9 Å². The lowest BCUT2D eigenvalue weighted by atomic mass is 10.2. The molecule has 1 unspecified atom stereocenters. The Bertz CT molecular complexity index is 366. The van der Waals surface area contributed by atoms with Crippen molar-refractivity contribution in [3.63, 3.8) is 0 Å². The zero-order chi connectivity index (χ0) is 10.5. The van der Waals surface area contributed by atoms with Crippen LogP contribution in [-0.2, 0) is 4.74 Å². The van der Waals surface area contributed by atoms with Crippen LogP contribution in [0.25, 0.3) is 0 Å². The maximum Gasteiger partial charge on any atom is 0.142 e. The number of nitriles is 1. The van der Waals surface area contributed by atoms with Gasteiger partial charge in [0.1, 0.15) is 17.6 Å². The number of anilines is 1. The summed E-state index contributed by atoms with van der Waals surface area (Å²) in [5.74, 6) is 0.740. The molecule has 0 radical (unpaired) electrons. The summed E-state index contributed by atoms with van der Waals surface area (Å²) >= 11 is 0. The van der Waals surface area contributed by atoms with E-state index in [1.54, 1.807) is 6.07 Å². The molecule has 1 saturated heterocycles. The van der Waals surface area contributed by atoms with Crippen molar-refractivity contribution in [2.24, 2.45) is 0 Å². The third-order valence-electron chi connectivity index (χ3n) is 2.40. The molecular formula is C11H13N3O. The summed E-state index contributed by atoms with van der Waals surface area (Å²) in [5.41, 5.74) is 0.437. The van der Waals surface area contributed by atoms with E-state index in [0.29, 0.717) is 5.69 Å². The monoisotopic (exact) mass is 203 g/mol.